The molecule has 6 nitrogen and oxygen atoms in total. The molecule has 0 aliphatic carbocycles. The van der Waals surface area contributed by atoms with Crippen molar-refractivity contribution in [3.63, 3.8) is 0 Å². The van der Waals surface area contributed by atoms with Crippen LogP contribution in [0.1, 0.15) is 33.7 Å². The first-order chi connectivity index (χ1) is 15.3. The van der Waals surface area contributed by atoms with Crippen LogP contribution in [0.3, 0.4) is 0 Å². The van der Waals surface area contributed by atoms with Crippen molar-refractivity contribution in [2.45, 2.75) is 32.1 Å². The second-order valence-corrected chi connectivity index (χ2v) is 10.3. The van der Waals surface area contributed by atoms with Crippen molar-refractivity contribution in [3.8, 4) is 5.69 Å². The molecule has 3 aromatic rings. The van der Waals surface area contributed by atoms with Gasteiger partial charge in [-0.15, -0.1) is 0 Å². The van der Waals surface area contributed by atoms with Crippen molar-refractivity contribution < 1.29 is 13.2 Å². The number of para-hydroxylation sites is 1. The number of hydrogen-bond acceptors (Lipinski definition) is 3. The molecule has 1 aliphatic rings. The van der Waals surface area contributed by atoms with Gasteiger partial charge in [0.25, 0.3) is 5.91 Å². The van der Waals surface area contributed by atoms with Crippen molar-refractivity contribution in [2.24, 2.45) is 0 Å². The largest absolute Gasteiger partial charge is 0.337 e. The summed E-state index contributed by atoms with van der Waals surface area (Å²) in [5.74, 6) is -0.0464. The van der Waals surface area contributed by atoms with Gasteiger partial charge in [-0.1, -0.05) is 35.9 Å². The van der Waals surface area contributed by atoms with Gasteiger partial charge in [0.2, 0.25) is 10.0 Å². The average molecular weight is 452 g/mol. The second-order valence-electron chi connectivity index (χ2n) is 8.32. The molecule has 32 heavy (non-hydrogen) atoms. The highest BCUT2D eigenvalue weighted by molar-refractivity contribution is 7.89. The number of carbonyl (C=O) groups excluding carboxylic acids is 1. The SMILES string of the molecule is Cc1ccc(S(=O)(=O)N2CCCN(C(=O)c3cc(C)n(-c4ccccc4)c3C)CC2)cc1. The molecule has 4 rings (SSSR count). The fourth-order valence-electron chi connectivity index (χ4n) is 4.32. The Hall–Kier alpha value is -2.90. The van der Waals surface area contributed by atoms with E-state index in [-0.39, 0.29) is 5.91 Å². The number of hydrogen-bond donors (Lipinski definition) is 0. The smallest absolute Gasteiger partial charge is 0.255 e. The Morgan fingerprint density at radius 1 is 0.844 bits per heavy atom. The number of rotatable bonds is 4. The summed E-state index contributed by atoms with van der Waals surface area (Å²) in [6.45, 7) is 7.49. The lowest BCUT2D eigenvalue weighted by Crippen LogP contribution is -2.37. The van der Waals surface area contributed by atoms with Crippen molar-refractivity contribution in [1.82, 2.24) is 13.8 Å². The minimum atomic E-state index is -3.57. The topological polar surface area (TPSA) is 62.6 Å². The zero-order valence-corrected chi connectivity index (χ0v) is 19.6. The molecule has 0 unspecified atom stereocenters. The third-order valence-electron chi connectivity index (χ3n) is 6.08. The first-order valence-electron chi connectivity index (χ1n) is 10.9. The molecule has 0 atom stereocenters. The molecule has 7 heteroatoms. The molecule has 168 valence electrons. The first kappa shape index (κ1) is 22.3. The third-order valence-corrected chi connectivity index (χ3v) is 7.99. The maximum Gasteiger partial charge on any atom is 0.255 e. The van der Waals surface area contributed by atoms with Gasteiger partial charge in [-0.25, -0.2) is 8.42 Å². The normalized spacial score (nSPS) is 15.5. The number of nitrogens with zero attached hydrogens (tertiary/aromatic N) is 3. The number of aromatic nitrogens is 1. The van der Waals surface area contributed by atoms with E-state index in [2.05, 4.69) is 4.57 Å². The molecule has 1 amide bonds. The summed E-state index contributed by atoms with van der Waals surface area (Å²) in [6, 6.07) is 18.8. The minimum Gasteiger partial charge on any atom is -0.337 e. The zero-order chi connectivity index (χ0) is 22.9. The Bertz CT molecular complexity index is 1220. The van der Waals surface area contributed by atoms with Crippen LogP contribution in [0.5, 0.6) is 0 Å². The van der Waals surface area contributed by atoms with E-state index >= 15 is 0 Å². The van der Waals surface area contributed by atoms with E-state index in [9.17, 15) is 13.2 Å². The highest BCUT2D eigenvalue weighted by Gasteiger charge is 2.29. The Morgan fingerprint density at radius 2 is 1.53 bits per heavy atom. The lowest BCUT2D eigenvalue weighted by Gasteiger charge is -2.22. The molecule has 2 heterocycles. The van der Waals surface area contributed by atoms with Gasteiger partial charge in [0.1, 0.15) is 0 Å². The van der Waals surface area contributed by atoms with E-state index in [4.69, 9.17) is 0 Å². The van der Waals surface area contributed by atoms with Gasteiger partial charge < -0.3 is 9.47 Å². The van der Waals surface area contributed by atoms with Crippen LogP contribution < -0.4 is 0 Å². The van der Waals surface area contributed by atoms with Gasteiger partial charge in [0.15, 0.2) is 0 Å². The number of aryl methyl sites for hydroxylation is 2. The van der Waals surface area contributed by atoms with Crippen LogP contribution in [-0.2, 0) is 10.0 Å². The molecule has 2 aromatic carbocycles. The predicted octanol–water partition coefficient (Wildman–Crippen LogP) is 3.94. The van der Waals surface area contributed by atoms with E-state index < -0.39 is 10.0 Å². The monoisotopic (exact) mass is 451 g/mol. The summed E-state index contributed by atoms with van der Waals surface area (Å²) in [7, 11) is -3.57. The van der Waals surface area contributed by atoms with Crippen molar-refractivity contribution in [3.05, 3.63) is 83.2 Å². The fraction of sp³-hybridized carbons (Fsp3) is 0.320. The Morgan fingerprint density at radius 3 is 2.22 bits per heavy atom. The Balaban J connectivity index is 1.53. The summed E-state index contributed by atoms with van der Waals surface area (Å²) in [4.78, 5) is 15.5. The summed E-state index contributed by atoms with van der Waals surface area (Å²) in [5.41, 5.74) is 4.60. The van der Waals surface area contributed by atoms with Gasteiger partial charge in [0.05, 0.1) is 10.5 Å². The van der Waals surface area contributed by atoms with E-state index in [1.807, 2.05) is 69.3 Å². The number of sulfonamides is 1. The van der Waals surface area contributed by atoms with E-state index in [0.717, 1.165) is 22.6 Å². The van der Waals surface area contributed by atoms with Crippen LogP contribution in [0.25, 0.3) is 5.69 Å². The minimum absolute atomic E-state index is 0.0464. The maximum absolute atomic E-state index is 13.4. The maximum atomic E-state index is 13.4. The third kappa shape index (κ3) is 4.23. The van der Waals surface area contributed by atoms with Gasteiger partial charge in [0, 0.05) is 43.3 Å². The summed E-state index contributed by atoms with van der Waals surface area (Å²) < 4.78 is 29.7. The predicted molar refractivity (Wildman–Crippen MR) is 126 cm³/mol. The quantitative estimate of drug-likeness (QED) is 0.604. The van der Waals surface area contributed by atoms with Crippen LogP contribution in [0.2, 0.25) is 0 Å². The summed E-state index contributed by atoms with van der Waals surface area (Å²) >= 11 is 0. The standard InChI is InChI=1S/C25H29N3O3S/c1-19-10-12-23(13-11-19)32(30,31)27-15-7-14-26(16-17-27)25(29)24-18-20(2)28(21(24)3)22-8-5-4-6-9-22/h4-6,8-13,18H,7,14-17H2,1-3H3. The molecule has 0 bridgehead atoms. The number of amides is 1. The molecule has 0 saturated carbocycles. The Kier molecular flexibility index (Phi) is 6.22. The molecular formula is C25H29N3O3S. The molecule has 1 saturated heterocycles. The van der Waals surface area contributed by atoms with Crippen LogP contribution in [0.15, 0.2) is 65.6 Å². The molecule has 0 N–H and O–H groups in total. The Labute approximate surface area is 190 Å². The first-order valence-corrected chi connectivity index (χ1v) is 12.3. The molecule has 1 fully saturated rings. The summed E-state index contributed by atoms with van der Waals surface area (Å²) in [5, 5.41) is 0. The van der Waals surface area contributed by atoms with Crippen LogP contribution in [-0.4, -0.2) is 54.3 Å². The average Bonchev–Trinajstić information content (AvgIpc) is 2.95. The van der Waals surface area contributed by atoms with Gasteiger partial charge in [-0.2, -0.15) is 4.31 Å². The van der Waals surface area contributed by atoms with Crippen LogP contribution in [0, 0.1) is 20.8 Å². The summed E-state index contributed by atoms with van der Waals surface area (Å²) in [6.07, 6.45) is 0.605. The molecule has 0 spiro atoms. The van der Waals surface area contributed by atoms with Crippen molar-refractivity contribution in [1.29, 1.82) is 0 Å². The number of carbonyl (C=O) groups is 1. The number of benzene rings is 2. The van der Waals surface area contributed by atoms with Crippen LogP contribution >= 0.6 is 0 Å². The second kappa shape index (κ2) is 8.92. The molecule has 1 aliphatic heterocycles. The van der Waals surface area contributed by atoms with E-state index in [1.54, 1.807) is 17.0 Å². The van der Waals surface area contributed by atoms with Crippen LogP contribution in [0.4, 0.5) is 0 Å². The van der Waals surface area contributed by atoms with Gasteiger partial charge >= 0.3 is 0 Å². The van der Waals surface area contributed by atoms with E-state index in [0.29, 0.717) is 43.1 Å². The molecule has 0 radical (unpaired) electrons. The highest BCUT2D eigenvalue weighted by atomic mass is 32.2. The van der Waals surface area contributed by atoms with Gasteiger partial charge in [-0.3, -0.25) is 4.79 Å². The zero-order valence-electron chi connectivity index (χ0n) is 18.8. The van der Waals surface area contributed by atoms with E-state index in [1.165, 1.54) is 4.31 Å². The molecular weight excluding hydrogens is 422 g/mol. The van der Waals surface area contributed by atoms with Gasteiger partial charge in [-0.05, 0) is 57.5 Å². The lowest BCUT2D eigenvalue weighted by molar-refractivity contribution is 0.0763. The van der Waals surface area contributed by atoms with Crippen molar-refractivity contribution >= 4 is 15.9 Å². The lowest BCUT2D eigenvalue weighted by atomic mass is 10.2. The molecule has 1 aromatic heterocycles. The van der Waals surface area contributed by atoms with Crippen molar-refractivity contribution in [2.75, 3.05) is 26.2 Å². The highest BCUT2D eigenvalue weighted by Crippen LogP contribution is 2.23. The fourth-order valence-corrected chi connectivity index (χ4v) is 5.79.